The standard InChI is InChI=1S/C24H32N2O5/c1-5-25-24(28)18(2)26(17-19-8-10-20(29-3)11-9-19)23(27)7-6-16-31-22-14-12-21(30-4)13-15-22/h8-15,18H,5-7,16-17H2,1-4H3,(H,25,28). The van der Waals surface area contributed by atoms with Crippen molar-refractivity contribution >= 4 is 11.8 Å². The van der Waals surface area contributed by atoms with Gasteiger partial charge < -0.3 is 24.4 Å². The minimum absolute atomic E-state index is 0.0899. The van der Waals surface area contributed by atoms with Gasteiger partial charge in [-0.3, -0.25) is 9.59 Å². The molecule has 31 heavy (non-hydrogen) atoms. The van der Waals surface area contributed by atoms with Crippen LogP contribution < -0.4 is 19.5 Å². The molecule has 0 aliphatic carbocycles. The van der Waals surface area contributed by atoms with Crippen molar-refractivity contribution in [3.8, 4) is 17.2 Å². The van der Waals surface area contributed by atoms with Crippen molar-refractivity contribution in [2.45, 2.75) is 39.3 Å². The third-order valence-corrected chi connectivity index (χ3v) is 4.89. The minimum atomic E-state index is -0.572. The maximum atomic E-state index is 13.0. The van der Waals surface area contributed by atoms with Crippen molar-refractivity contribution in [2.75, 3.05) is 27.4 Å². The Morgan fingerprint density at radius 3 is 2.03 bits per heavy atom. The van der Waals surface area contributed by atoms with Crippen LogP contribution in [0, 0.1) is 0 Å². The Balaban J connectivity index is 1.96. The van der Waals surface area contributed by atoms with E-state index in [2.05, 4.69) is 5.32 Å². The second-order valence-electron chi connectivity index (χ2n) is 7.07. The Kier molecular flexibility index (Phi) is 9.68. The number of benzene rings is 2. The molecule has 0 heterocycles. The topological polar surface area (TPSA) is 77.1 Å². The van der Waals surface area contributed by atoms with Crippen molar-refractivity contribution in [2.24, 2.45) is 0 Å². The monoisotopic (exact) mass is 428 g/mol. The minimum Gasteiger partial charge on any atom is -0.497 e. The average Bonchev–Trinajstić information content (AvgIpc) is 2.80. The van der Waals surface area contributed by atoms with Crippen LogP contribution in [0.5, 0.6) is 17.2 Å². The van der Waals surface area contributed by atoms with Crippen LogP contribution in [0.25, 0.3) is 0 Å². The Labute approximate surface area is 184 Å². The van der Waals surface area contributed by atoms with E-state index in [9.17, 15) is 9.59 Å². The summed E-state index contributed by atoms with van der Waals surface area (Å²) < 4.78 is 16.0. The number of likely N-dealkylation sites (N-methyl/N-ethyl adjacent to an activating group) is 1. The quantitative estimate of drug-likeness (QED) is 0.524. The van der Waals surface area contributed by atoms with E-state index in [0.717, 1.165) is 22.8 Å². The van der Waals surface area contributed by atoms with Gasteiger partial charge in [-0.2, -0.15) is 0 Å². The van der Waals surface area contributed by atoms with Crippen LogP contribution in [-0.2, 0) is 16.1 Å². The molecule has 2 aromatic carbocycles. The first-order chi connectivity index (χ1) is 15.0. The number of methoxy groups -OCH3 is 2. The zero-order chi connectivity index (χ0) is 22.6. The summed E-state index contributed by atoms with van der Waals surface area (Å²) >= 11 is 0. The lowest BCUT2D eigenvalue weighted by molar-refractivity contribution is -0.140. The van der Waals surface area contributed by atoms with Crippen LogP contribution in [0.2, 0.25) is 0 Å². The van der Waals surface area contributed by atoms with E-state index in [-0.39, 0.29) is 18.2 Å². The molecular formula is C24H32N2O5. The van der Waals surface area contributed by atoms with Gasteiger partial charge in [0.1, 0.15) is 23.3 Å². The second kappa shape index (κ2) is 12.5. The van der Waals surface area contributed by atoms with Crippen LogP contribution in [0.15, 0.2) is 48.5 Å². The third kappa shape index (κ3) is 7.51. The van der Waals surface area contributed by atoms with E-state index in [1.54, 1.807) is 26.0 Å². The fourth-order valence-electron chi connectivity index (χ4n) is 3.06. The Hall–Kier alpha value is -3.22. The molecule has 168 valence electrons. The fourth-order valence-corrected chi connectivity index (χ4v) is 3.06. The van der Waals surface area contributed by atoms with E-state index < -0.39 is 6.04 Å². The van der Waals surface area contributed by atoms with Gasteiger partial charge in [0.05, 0.1) is 20.8 Å². The van der Waals surface area contributed by atoms with Gasteiger partial charge in [-0.05, 0) is 62.2 Å². The first kappa shape index (κ1) is 24.1. The highest BCUT2D eigenvalue weighted by Gasteiger charge is 2.25. The van der Waals surface area contributed by atoms with Crippen molar-refractivity contribution in [1.82, 2.24) is 10.2 Å². The summed E-state index contributed by atoms with van der Waals surface area (Å²) in [6, 6.07) is 14.2. The van der Waals surface area contributed by atoms with Gasteiger partial charge in [-0.15, -0.1) is 0 Å². The molecule has 0 fully saturated rings. The molecule has 0 aliphatic rings. The molecule has 0 aliphatic heterocycles. The summed E-state index contributed by atoms with van der Waals surface area (Å²) in [6.07, 6.45) is 0.835. The SMILES string of the molecule is CCNC(=O)C(C)N(Cc1ccc(OC)cc1)C(=O)CCCOc1ccc(OC)cc1. The summed E-state index contributed by atoms with van der Waals surface area (Å²) in [5.74, 6) is 1.97. The molecule has 0 saturated carbocycles. The highest BCUT2D eigenvalue weighted by Crippen LogP contribution is 2.18. The van der Waals surface area contributed by atoms with Gasteiger partial charge in [0.2, 0.25) is 11.8 Å². The fraction of sp³-hybridized carbons (Fsp3) is 0.417. The van der Waals surface area contributed by atoms with Crippen LogP contribution in [0.1, 0.15) is 32.3 Å². The van der Waals surface area contributed by atoms with Gasteiger partial charge in [-0.1, -0.05) is 12.1 Å². The zero-order valence-electron chi connectivity index (χ0n) is 18.7. The Bertz CT molecular complexity index is 821. The number of carbonyl (C=O) groups excluding carboxylic acids is 2. The molecule has 7 heteroatoms. The maximum Gasteiger partial charge on any atom is 0.242 e. The van der Waals surface area contributed by atoms with Gasteiger partial charge >= 0.3 is 0 Å². The van der Waals surface area contributed by atoms with Crippen molar-refractivity contribution in [3.63, 3.8) is 0 Å². The molecule has 1 unspecified atom stereocenters. The summed E-state index contributed by atoms with van der Waals surface area (Å²) in [6.45, 7) is 4.88. The number of amides is 2. The molecule has 0 bridgehead atoms. The van der Waals surface area contributed by atoms with Crippen molar-refractivity contribution in [3.05, 3.63) is 54.1 Å². The summed E-state index contributed by atoms with van der Waals surface area (Å²) in [5, 5.41) is 2.80. The number of nitrogens with one attached hydrogen (secondary N) is 1. The lowest BCUT2D eigenvalue weighted by Crippen LogP contribution is -2.47. The van der Waals surface area contributed by atoms with Crippen molar-refractivity contribution < 1.29 is 23.8 Å². The van der Waals surface area contributed by atoms with Gasteiger partial charge in [-0.25, -0.2) is 0 Å². The number of nitrogens with zero attached hydrogens (tertiary/aromatic N) is 1. The maximum absolute atomic E-state index is 13.0. The van der Waals surface area contributed by atoms with Gasteiger partial charge in [0.15, 0.2) is 0 Å². The van der Waals surface area contributed by atoms with Crippen LogP contribution in [0.3, 0.4) is 0 Å². The second-order valence-corrected chi connectivity index (χ2v) is 7.07. The number of carbonyl (C=O) groups is 2. The molecule has 2 amide bonds. The summed E-state index contributed by atoms with van der Waals surface area (Å²) in [5.41, 5.74) is 0.930. The molecule has 0 saturated heterocycles. The Morgan fingerprint density at radius 1 is 0.935 bits per heavy atom. The van der Waals surface area contributed by atoms with E-state index in [1.165, 1.54) is 0 Å². The summed E-state index contributed by atoms with van der Waals surface area (Å²) in [7, 11) is 3.22. The molecule has 0 spiro atoms. The Morgan fingerprint density at radius 2 is 1.48 bits per heavy atom. The lowest BCUT2D eigenvalue weighted by atomic mass is 10.1. The highest BCUT2D eigenvalue weighted by molar-refractivity contribution is 5.87. The van der Waals surface area contributed by atoms with E-state index in [0.29, 0.717) is 26.1 Å². The predicted molar refractivity (Wildman–Crippen MR) is 119 cm³/mol. The largest absolute Gasteiger partial charge is 0.497 e. The molecular weight excluding hydrogens is 396 g/mol. The number of hydrogen-bond donors (Lipinski definition) is 1. The van der Waals surface area contributed by atoms with Crippen LogP contribution >= 0.6 is 0 Å². The summed E-state index contributed by atoms with van der Waals surface area (Å²) in [4.78, 5) is 27.0. The molecule has 1 atom stereocenters. The number of hydrogen-bond acceptors (Lipinski definition) is 5. The van der Waals surface area contributed by atoms with Crippen LogP contribution in [-0.4, -0.2) is 50.1 Å². The first-order valence-electron chi connectivity index (χ1n) is 10.5. The molecule has 7 nitrogen and oxygen atoms in total. The molecule has 2 aromatic rings. The first-order valence-corrected chi connectivity index (χ1v) is 10.5. The van der Waals surface area contributed by atoms with E-state index >= 15 is 0 Å². The predicted octanol–water partition coefficient (Wildman–Crippen LogP) is 3.42. The van der Waals surface area contributed by atoms with E-state index in [1.807, 2.05) is 55.5 Å². The highest BCUT2D eigenvalue weighted by atomic mass is 16.5. The van der Waals surface area contributed by atoms with Gasteiger partial charge in [0.25, 0.3) is 0 Å². The van der Waals surface area contributed by atoms with Crippen molar-refractivity contribution in [1.29, 1.82) is 0 Å². The van der Waals surface area contributed by atoms with Crippen LogP contribution in [0.4, 0.5) is 0 Å². The lowest BCUT2D eigenvalue weighted by Gasteiger charge is -2.29. The molecule has 0 radical (unpaired) electrons. The third-order valence-electron chi connectivity index (χ3n) is 4.89. The van der Waals surface area contributed by atoms with E-state index in [4.69, 9.17) is 14.2 Å². The smallest absolute Gasteiger partial charge is 0.242 e. The zero-order valence-corrected chi connectivity index (χ0v) is 18.7. The number of rotatable bonds is 12. The molecule has 1 N–H and O–H groups in total. The molecule has 0 aromatic heterocycles. The molecule has 2 rings (SSSR count). The average molecular weight is 429 g/mol. The normalized spacial score (nSPS) is 11.4. The number of ether oxygens (including phenoxy) is 3. The van der Waals surface area contributed by atoms with Gasteiger partial charge in [0, 0.05) is 19.5 Å².